The van der Waals surface area contributed by atoms with Crippen molar-refractivity contribution in [3.8, 4) is 6.07 Å². The first-order valence-electron chi connectivity index (χ1n) is 8.71. The maximum absolute atomic E-state index is 12.3. The number of aliphatic hydroxyl groups excluding tert-OH is 2. The number of nitrogens with zero attached hydrogens (tertiary/aromatic N) is 2. The predicted molar refractivity (Wildman–Crippen MR) is 118 cm³/mol. The van der Waals surface area contributed by atoms with Crippen molar-refractivity contribution in [2.24, 2.45) is 5.73 Å². The molecule has 2 aromatic rings. The van der Waals surface area contributed by atoms with E-state index >= 15 is 0 Å². The van der Waals surface area contributed by atoms with Gasteiger partial charge in [-0.25, -0.2) is 9.24 Å². The van der Waals surface area contributed by atoms with E-state index in [0.717, 1.165) is 6.07 Å². The van der Waals surface area contributed by atoms with E-state index in [1.165, 1.54) is 24.3 Å². The molecule has 0 saturated carbocycles. The van der Waals surface area contributed by atoms with E-state index in [-0.39, 0.29) is 18.1 Å². The molecule has 0 saturated heterocycles. The first kappa shape index (κ1) is 29.5. The van der Waals surface area contributed by atoms with Crippen LogP contribution in [0.25, 0.3) is 4.85 Å². The molecule has 6 N–H and O–H groups in total. The molecular formula is C20H19Cl2FN4O6. The van der Waals surface area contributed by atoms with Crippen molar-refractivity contribution in [3.63, 3.8) is 0 Å². The Bertz CT molecular complexity index is 1010. The number of carbonyl (C=O) groups is 2. The molecule has 2 rings (SSSR count). The summed E-state index contributed by atoms with van der Waals surface area (Å²) in [6.07, 6.45) is -0.827. The Hall–Kier alpha value is -3.45. The van der Waals surface area contributed by atoms with Crippen LogP contribution >= 0.6 is 23.2 Å². The number of nitrogens with one attached hydrogen (secondary N) is 1. The molecule has 0 amide bonds. The standard InChI is InChI=1S/C10H9ClN2O3.C7H3ClFN.C3H7NO3/c1-12-9-3-2-7(4-8(9)11)13-10(5-14)16-6-15;8-7-3-6(9)2-1-5(7)4-10;4-2(1-5)3(6)7/h2-4,6,10,13-14H,5H2;1-3H;2,5H,1,4H2,(H,6,7)/t10-;;2-/m0.1/s1. The van der Waals surface area contributed by atoms with Gasteiger partial charge in [0.15, 0.2) is 6.23 Å². The van der Waals surface area contributed by atoms with Gasteiger partial charge in [-0.15, -0.1) is 0 Å². The third kappa shape index (κ3) is 11.7. The summed E-state index contributed by atoms with van der Waals surface area (Å²) in [6.45, 7) is 6.18. The van der Waals surface area contributed by atoms with Crippen molar-refractivity contribution in [1.82, 2.24) is 0 Å². The number of hydrogen-bond acceptors (Lipinski definition) is 8. The SMILES string of the molecule is N#Cc1ccc(F)cc1Cl.N[C@H](CO)C(=O)O.[C-]#[N+]c1ccc(N[C@H](CO)OC=O)cc1Cl. The molecule has 0 aliphatic heterocycles. The summed E-state index contributed by atoms with van der Waals surface area (Å²) in [7, 11) is 0. The van der Waals surface area contributed by atoms with E-state index in [0.29, 0.717) is 22.0 Å². The molecule has 33 heavy (non-hydrogen) atoms. The number of carbonyl (C=O) groups excluding carboxylic acids is 1. The highest BCUT2D eigenvalue weighted by Crippen LogP contribution is 2.28. The summed E-state index contributed by atoms with van der Waals surface area (Å²) in [5.74, 6) is -1.61. The number of ether oxygens (including phenoxy) is 1. The van der Waals surface area contributed by atoms with Crippen LogP contribution in [0, 0.1) is 23.7 Å². The van der Waals surface area contributed by atoms with Crippen LogP contribution in [0.4, 0.5) is 15.8 Å². The van der Waals surface area contributed by atoms with Crippen LogP contribution in [-0.4, -0.2) is 53.2 Å². The number of nitriles is 1. The number of halogens is 3. The molecule has 0 aliphatic carbocycles. The van der Waals surface area contributed by atoms with Gasteiger partial charge in [-0.3, -0.25) is 9.59 Å². The maximum atomic E-state index is 12.3. The molecule has 0 unspecified atom stereocenters. The first-order valence-corrected chi connectivity index (χ1v) is 9.46. The Kier molecular flexibility index (Phi) is 14.5. The molecule has 0 spiro atoms. The molecule has 0 aliphatic rings. The minimum absolute atomic E-state index is 0.155. The monoisotopic (exact) mass is 500 g/mol. The fraction of sp³-hybridized carbons (Fsp3) is 0.200. The van der Waals surface area contributed by atoms with Crippen molar-refractivity contribution >= 4 is 47.0 Å². The number of carboxylic acids is 1. The topological polar surface area (TPSA) is 170 Å². The van der Waals surface area contributed by atoms with Crippen LogP contribution < -0.4 is 11.1 Å². The third-order valence-corrected chi connectivity index (χ3v) is 3.96. The Morgan fingerprint density at radius 1 is 1.27 bits per heavy atom. The minimum atomic E-state index is -1.18. The average molecular weight is 501 g/mol. The second-order valence-electron chi connectivity index (χ2n) is 5.69. The molecule has 0 fully saturated rings. The zero-order valence-corrected chi connectivity index (χ0v) is 18.3. The highest BCUT2D eigenvalue weighted by atomic mass is 35.5. The lowest BCUT2D eigenvalue weighted by atomic mass is 10.2. The Morgan fingerprint density at radius 2 is 1.94 bits per heavy atom. The molecular weight excluding hydrogens is 482 g/mol. The van der Waals surface area contributed by atoms with E-state index < -0.39 is 30.7 Å². The summed E-state index contributed by atoms with van der Waals surface area (Å²) in [6, 6.07) is 9.02. The van der Waals surface area contributed by atoms with Gasteiger partial charge in [-0.2, -0.15) is 5.26 Å². The number of aliphatic hydroxyl groups is 2. The Balaban J connectivity index is 0.000000514. The van der Waals surface area contributed by atoms with E-state index in [2.05, 4.69) is 14.9 Å². The van der Waals surface area contributed by atoms with Gasteiger partial charge in [0.2, 0.25) is 5.69 Å². The van der Waals surface area contributed by atoms with Gasteiger partial charge in [0.25, 0.3) is 6.47 Å². The van der Waals surface area contributed by atoms with Gasteiger partial charge < -0.3 is 31.1 Å². The van der Waals surface area contributed by atoms with E-state index in [4.69, 9.17) is 56.1 Å². The molecule has 0 bridgehead atoms. The number of aliphatic carboxylic acids is 1. The van der Waals surface area contributed by atoms with E-state index in [1.807, 2.05) is 6.07 Å². The molecule has 2 aromatic carbocycles. The number of benzene rings is 2. The molecule has 0 heterocycles. The Morgan fingerprint density at radius 3 is 2.33 bits per heavy atom. The van der Waals surface area contributed by atoms with Gasteiger partial charge in [-0.05, 0) is 30.3 Å². The summed E-state index contributed by atoms with van der Waals surface area (Å²) in [5.41, 5.74) is 5.95. The minimum Gasteiger partial charge on any atom is -0.480 e. The van der Waals surface area contributed by atoms with Crippen LogP contribution in [0.2, 0.25) is 10.0 Å². The van der Waals surface area contributed by atoms with Crippen molar-refractivity contribution in [1.29, 1.82) is 5.26 Å². The average Bonchev–Trinajstić information content (AvgIpc) is 2.79. The maximum Gasteiger partial charge on any atom is 0.322 e. The third-order valence-electron chi connectivity index (χ3n) is 3.35. The quantitative estimate of drug-likeness (QED) is 0.217. The molecule has 0 radical (unpaired) electrons. The van der Waals surface area contributed by atoms with Crippen molar-refractivity contribution < 1.29 is 34.0 Å². The van der Waals surface area contributed by atoms with Gasteiger partial charge in [0, 0.05) is 10.7 Å². The molecule has 10 nitrogen and oxygen atoms in total. The zero-order chi connectivity index (χ0) is 25.4. The first-order chi connectivity index (χ1) is 15.6. The van der Waals surface area contributed by atoms with Gasteiger partial charge in [0.05, 0.1) is 30.4 Å². The highest BCUT2D eigenvalue weighted by Gasteiger charge is 2.08. The fourth-order valence-electron chi connectivity index (χ4n) is 1.72. The smallest absolute Gasteiger partial charge is 0.322 e. The number of nitrogens with two attached hydrogens (primary N) is 1. The van der Waals surface area contributed by atoms with Gasteiger partial charge in [0.1, 0.15) is 17.9 Å². The highest BCUT2D eigenvalue weighted by molar-refractivity contribution is 6.33. The van der Waals surface area contributed by atoms with Gasteiger partial charge in [-0.1, -0.05) is 29.3 Å². The molecule has 0 aromatic heterocycles. The van der Waals surface area contributed by atoms with Crippen LogP contribution in [0.1, 0.15) is 5.56 Å². The number of hydrogen-bond donors (Lipinski definition) is 5. The van der Waals surface area contributed by atoms with E-state index in [1.54, 1.807) is 6.07 Å². The summed E-state index contributed by atoms with van der Waals surface area (Å²) in [4.78, 5) is 22.9. The normalized spacial score (nSPS) is 11.0. The van der Waals surface area contributed by atoms with Crippen molar-refractivity contribution in [2.45, 2.75) is 12.3 Å². The van der Waals surface area contributed by atoms with Gasteiger partial charge >= 0.3 is 5.97 Å². The second kappa shape index (κ2) is 16.2. The fourth-order valence-corrected chi connectivity index (χ4v) is 2.15. The second-order valence-corrected chi connectivity index (χ2v) is 6.50. The molecule has 13 heteroatoms. The number of anilines is 1. The largest absolute Gasteiger partial charge is 0.480 e. The Labute approximate surface area is 198 Å². The lowest BCUT2D eigenvalue weighted by molar-refractivity contribution is -0.139. The van der Waals surface area contributed by atoms with Crippen LogP contribution in [0.5, 0.6) is 0 Å². The van der Waals surface area contributed by atoms with E-state index in [9.17, 15) is 14.0 Å². The number of carboxylic acid groups (broad SMARTS) is 1. The van der Waals surface area contributed by atoms with Crippen LogP contribution in [0.15, 0.2) is 36.4 Å². The summed E-state index contributed by atoms with van der Waals surface area (Å²) >= 11 is 11.3. The number of rotatable bonds is 7. The van der Waals surface area contributed by atoms with Crippen LogP contribution in [-0.2, 0) is 14.3 Å². The summed E-state index contributed by atoms with van der Waals surface area (Å²) in [5, 5.41) is 36.3. The molecule has 2 atom stereocenters. The predicted octanol–water partition coefficient (Wildman–Crippen LogP) is 2.54. The summed E-state index contributed by atoms with van der Waals surface area (Å²) < 4.78 is 16.8. The lowest BCUT2D eigenvalue weighted by Gasteiger charge is -2.15. The zero-order valence-electron chi connectivity index (χ0n) is 16.8. The molecule has 176 valence electrons. The van der Waals surface area contributed by atoms with Crippen molar-refractivity contribution in [2.75, 3.05) is 18.5 Å². The van der Waals surface area contributed by atoms with Crippen molar-refractivity contribution in [3.05, 3.63) is 69.2 Å². The lowest BCUT2D eigenvalue weighted by Crippen LogP contribution is -2.33. The van der Waals surface area contributed by atoms with Crippen LogP contribution in [0.3, 0.4) is 0 Å².